The van der Waals surface area contributed by atoms with Gasteiger partial charge in [-0.1, -0.05) is 90.1 Å². The van der Waals surface area contributed by atoms with E-state index < -0.39 is 47.3 Å². The number of ether oxygens (including phenoxy) is 1. The maximum absolute atomic E-state index is 13.7. The Bertz CT molecular complexity index is 2500. The number of primary amides is 2. The highest BCUT2D eigenvalue weighted by molar-refractivity contribution is 6.01. The molecule has 2 heterocycles. The first-order valence-electron chi connectivity index (χ1n) is 26.8. The van der Waals surface area contributed by atoms with E-state index in [1.807, 2.05) is 47.6 Å². The number of aryl methyl sites for hydroxylation is 3. The van der Waals surface area contributed by atoms with E-state index in [4.69, 9.17) is 16.2 Å². The zero-order chi connectivity index (χ0) is 57.2. The summed E-state index contributed by atoms with van der Waals surface area (Å²) in [6, 6.07) is 19.0. The van der Waals surface area contributed by atoms with E-state index in [2.05, 4.69) is 69.0 Å². The van der Waals surface area contributed by atoms with Gasteiger partial charge in [0.15, 0.2) is 0 Å². The molecule has 19 nitrogen and oxygen atoms in total. The van der Waals surface area contributed by atoms with Crippen LogP contribution in [0.15, 0.2) is 66.7 Å². The predicted molar refractivity (Wildman–Crippen MR) is 297 cm³/mol. The number of likely N-dealkylation sites (N-methyl/N-ethyl adjacent to an activating group) is 2. The lowest BCUT2D eigenvalue weighted by Crippen LogP contribution is -2.57. The number of likely N-dealkylation sites (tertiary alicyclic amines) is 1. The van der Waals surface area contributed by atoms with Gasteiger partial charge in [0.2, 0.25) is 35.9 Å². The highest BCUT2D eigenvalue weighted by atomic mass is 16.5. The van der Waals surface area contributed by atoms with Gasteiger partial charge in [0.1, 0.15) is 17.8 Å². The minimum Gasteiger partial charge on any atom is -0.497 e. The fraction of sp³-hybridized carbons (Fsp3) is 0.552. The van der Waals surface area contributed by atoms with Crippen molar-refractivity contribution in [2.24, 2.45) is 22.3 Å². The molecule has 19 heteroatoms. The summed E-state index contributed by atoms with van der Waals surface area (Å²) in [5, 5.41) is 14.1. The molecular weight excluding hydrogens is 981 g/mol. The molecule has 2 aliphatic carbocycles. The molecule has 2 aliphatic heterocycles. The summed E-state index contributed by atoms with van der Waals surface area (Å²) in [6.07, 6.45) is 9.95. The van der Waals surface area contributed by atoms with Gasteiger partial charge in [-0.25, -0.2) is 0 Å². The van der Waals surface area contributed by atoms with Crippen molar-refractivity contribution >= 4 is 47.8 Å². The van der Waals surface area contributed by atoms with Crippen molar-refractivity contribution in [2.45, 2.75) is 149 Å². The van der Waals surface area contributed by atoms with Crippen LogP contribution < -0.4 is 42.8 Å². The SMILES string of the molecule is CNC(C)C(N)=O.CN[C@@H](C)C(=O)NC(C(=O)N1CCN(C(=O)c2cc(OC)cc(C(=O)NC3CC(C(N)=O)N(C(=O)CC(C)(C)C)C3)c2)C1)C(C)(C)C.O=CNC1CCCc2ccccc21.c1ccc2c(c1)CCCC2. The molecule has 2 saturated heterocycles. The number of nitrogens with two attached hydrogens (primary N) is 2. The highest BCUT2D eigenvalue weighted by Gasteiger charge is 2.41. The molecule has 5 unspecified atom stereocenters. The molecule has 422 valence electrons. The van der Waals surface area contributed by atoms with Crippen LogP contribution in [0.2, 0.25) is 0 Å². The number of hydrogen-bond acceptors (Lipinski definition) is 11. The minimum absolute atomic E-state index is 0.00937. The molecule has 3 aromatic rings. The molecule has 8 amide bonds. The number of rotatable bonds is 14. The molecule has 9 N–H and O–H groups in total. The van der Waals surface area contributed by atoms with Crippen molar-refractivity contribution < 1.29 is 43.1 Å². The first-order valence-corrected chi connectivity index (χ1v) is 26.8. The van der Waals surface area contributed by atoms with E-state index >= 15 is 0 Å². The van der Waals surface area contributed by atoms with Crippen molar-refractivity contribution in [3.8, 4) is 5.75 Å². The van der Waals surface area contributed by atoms with E-state index in [9.17, 15) is 38.4 Å². The van der Waals surface area contributed by atoms with Gasteiger partial charge in [0.25, 0.3) is 11.8 Å². The van der Waals surface area contributed by atoms with E-state index in [0.717, 1.165) is 19.3 Å². The molecule has 6 atom stereocenters. The van der Waals surface area contributed by atoms with Gasteiger partial charge >= 0.3 is 0 Å². The number of nitrogens with zero attached hydrogens (tertiary/aromatic N) is 3. The Labute approximate surface area is 455 Å². The van der Waals surface area contributed by atoms with Gasteiger partial charge in [-0.05, 0) is 131 Å². The van der Waals surface area contributed by atoms with Gasteiger partial charge in [0, 0.05) is 43.2 Å². The number of fused-ring (bicyclic) bond motifs is 2. The first-order chi connectivity index (χ1) is 36.3. The van der Waals surface area contributed by atoms with Crippen LogP contribution in [0, 0.1) is 10.8 Å². The largest absolute Gasteiger partial charge is 0.497 e. The van der Waals surface area contributed by atoms with Gasteiger partial charge in [0.05, 0.1) is 31.9 Å². The maximum atomic E-state index is 13.7. The van der Waals surface area contributed by atoms with Gasteiger partial charge in [-0.2, -0.15) is 0 Å². The quantitative estimate of drug-likeness (QED) is 0.113. The standard InChI is InChI=1S/C33H51N7O7.C11H13NO.C10H12.C4H10N2O/c1-19(35-8)28(43)37-26(33(5,6)7)31(46)39-11-10-38(18-39)30(45)21-12-20(13-23(14-21)47-9)29(44)36-22-15-24(27(34)42)40(17-22)25(41)16-32(2,3)4;13-8-12-11-7-3-5-9-4-1-2-6-10(9)11;1-2-6-10-8-4-3-7-9(10)5-1;1-3(6-2)4(5)7/h12-14,19,22,24,26,35H,10-11,15-18H2,1-9H3,(H2,34,42)(H,36,44)(H,37,43);1-2,4,6,8,11H,3,5,7H2,(H,12,13);1-2,5-6H,3-4,7-8H2;3,6H,1-2H3,(H2,5,7)/t19-,22?,24?,26?;;;/m0.../s1. The first kappa shape index (κ1) is 62.7. The Hall–Kier alpha value is -6.86. The third-order valence-electron chi connectivity index (χ3n) is 14.2. The average Bonchev–Trinajstić information content (AvgIpc) is 4.08. The predicted octanol–water partition coefficient (Wildman–Crippen LogP) is 4.15. The molecule has 2 fully saturated rings. The lowest BCUT2D eigenvalue weighted by atomic mass is 9.85. The number of carbonyl (C=O) groups excluding carboxylic acids is 8. The molecular formula is C58H86N10O9. The Morgan fingerprint density at radius 1 is 0.766 bits per heavy atom. The van der Waals surface area contributed by atoms with Crippen molar-refractivity contribution in [1.29, 1.82) is 0 Å². The van der Waals surface area contributed by atoms with Crippen molar-refractivity contribution in [3.63, 3.8) is 0 Å². The number of hydrogen-bond donors (Lipinski definition) is 7. The molecule has 4 aliphatic rings. The number of carbonyl (C=O) groups is 8. The van der Waals surface area contributed by atoms with Crippen molar-refractivity contribution in [3.05, 3.63) is 100 Å². The van der Waals surface area contributed by atoms with E-state index in [1.165, 1.54) is 83.2 Å². The molecule has 7 rings (SSSR count). The lowest BCUT2D eigenvalue weighted by Gasteiger charge is -2.34. The summed E-state index contributed by atoms with van der Waals surface area (Å²) in [5.74, 6) is -2.39. The normalized spacial score (nSPS) is 18.8. The van der Waals surface area contributed by atoms with Crippen LogP contribution in [0.4, 0.5) is 0 Å². The zero-order valence-corrected chi connectivity index (χ0v) is 47.3. The van der Waals surface area contributed by atoms with Crippen LogP contribution in [0.1, 0.15) is 143 Å². The van der Waals surface area contributed by atoms with Crippen LogP contribution in [-0.2, 0) is 48.0 Å². The fourth-order valence-corrected chi connectivity index (χ4v) is 9.46. The molecule has 0 radical (unpaired) electrons. The van der Waals surface area contributed by atoms with Crippen LogP contribution in [-0.4, -0.2) is 140 Å². The highest BCUT2D eigenvalue weighted by Crippen LogP contribution is 2.30. The Morgan fingerprint density at radius 2 is 1.34 bits per heavy atom. The summed E-state index contributed by atoms with van der Waals surface area (Å²) in [4.78, 5) is 103. The average molecular weight is 1070 g/mol. The Kier molecular flexibility index (Phi) is 23.6. The van der Waals surface area contributed by atoms with Crippen molar-refractivity contribution in [2.75, 3.05) is 47.5 Å². The third-order valence-corrected chi connectivity index (χ3v) is 14.2. The van der Waals surface area contributed by atoms with Crippen LogP contribution in [0.5, 0.6) is 5.75 Å². The zero-order valence-electron chi connectivity index (χ0n) is 47.3. The van der Waals surface area contributed by atoms with Crippen LogP contribution >= 0.6 is 0 Å². The van der Waals surface area contributed by atoms with Gasteiger partial charge < -0.3 is 57.5 Å². The van der Waals surface area contributed by atoms with E-state index in [-0.39, 0.29) is 97.1 Å². The third kappa shape index (κ3) is 18.7. The van der Waals surface area contributed by atoms with E-state index in [1.54, 1.807) is 39.1 Å². The summed E-state index contributed by atoms with van der Waals surface area (Å²) in [5.41, 5.74) is 15.7. The van der Waals surface area contributed by atoms with Crippen LogP contribution in [0.3, 0.4) is 0 Å². The second-order valence-corrected chi connectivity index (χ2v) is 22.5. The summed E-state index contributed by atoms with van der Waals surface area (Å²) in [6.45, 7) is 15.5. The number of benzene rings is 3. The number of methoxy groups -OCH3 is 1. The smallest absolute Gasteiger partial charge is 0.255 e. The summed E-state index contributed by atoms with van der Waals surface area (Å²) in [7, 11) is 4.77. The van der Waals surface area contributed by atoms with Crippen LogP contribution in [0.25, 0.3) is 0 Å². The lowest BCUT2D eigenvalue weighted by molar-refractivity contribution is -0.139. The number of nitrogens with one attached hydrogen (secondary N) is 5. The van der Waals surface area contributed by atoms with Gasteiger partial charge in [-0.3, -0.25) is 38.4 Å². The molecule has 0 spiro atoms. The van der Waals surface area contributed by atoms with E-state index in [0.29, 0.717) is 0 Å². The Balaban J connectivity index is 0.000000336. The molecule has 0 bridgehead atoms. The van der Waals surface area contributed by atoms with Gasteiger partial charge in [-0.15, -0.1) is 0 Å². The monoisotopic (exact) mass is 1070 g/mol. The molecule has 77 heavy (non-hydrogen) atoms. The summed E-state index contributed by atoms with van der Waals surface area (Å²) >= 11 is 0. The molecule has 0 saturated carbocycles. The second-order valence-electron chi connectivity index (χ2n) is 22.5. The topological polar surface area (TPSA) is 268 Å². The second kappa shape index (κ2) is 29.0. The number of amides is 8. The fourth-order valence-electron chi connectivity index (χ4n) is 9.46. The maximum Gasteiger partial charge on any atom is 0.255 e. The summed E-state index contributed by atoms with van der Waals surface area (Å²) < 4.78 is 5.39. The van der Waals surface area contributed by atoms with Crippen molar-refractivity contribution in [1.82, 2.24) is 41.3 Å². The molecule has 3 aromatic carbocycles. The molecule has 0 aromatic heterocycles. The minimum atomic E-state index is -0.837. The Morgan fingerprint density at radius 3 is 1.87 bits per heavy atom.